The lowest BCUT2D eigenvalue weighted by Crippen LogP contribution is -2.29. The van der Waals surface area contributed by atoms with Crippen LogP contribution in [-0.2, 0) is 38.2 Å². The molecule has 10 rings (SSSR count). The minimum atomic E-state index is -4.88. The highest BCUT2D eigenvalue weighted by Gasteiger charge is 2.40. The molecule has 4 heterocycles. The van der Waals surface area contributed by atoms with Crippen molar-refractivity contribution in [1.82, 2.24) is 9.44 Å². The van der Waals surface area contributed by atoms with E-state index < -0.39 is 123 Å². The van der Waals surface area contributed by atoms with E-state index in [2.05, 4.69) is 29.1 Å². The Bertz CT molecular complexity index is 4160. The van der Waals surface area contributed by atoms with Gasteiger partial charge in [0, 0.05) is 84.1 Å². The van der Waals surface area contributed by atoms with E-state index in [0.717, 1.165) is 24.3 Å². The molecule has 8 aromatic rings. The van der Waals surface area contributed by atoms with Crippen molar-refractivity contribution in [2.45, 2.75) is 21.6 Å². The summed E-state index contributed by atoms with van der Waals surface area (Å²) < 4.78 is 99.0. The molecular weight excluding hydrogens is 1230 g/mol. The number of anilines is 4. The number of furan rings is 2. The smallest absolute Gasteiger partial charge is 0.451 e. The number of sulfonamides is 2. The van der Waals surface area contributed by atoms with Gasteiger partial charge in [0.15, 0.2) is 11.5 Å². The normalized spacial score (nSPS) is 15.5. The molecule has 84 heavy (non-hydrogen) atoms. The Labute approximate surface area is 482 Å². The molecule has 0 saturated carbocycles. The molecule has 0 bridgehead atoms. The second-order valence-corrected chi connectivity index (χ2v) is 25.5. The molecule has 4 amide bonds. The molecule has 2 aliphatic heterocycles. The summed E-state index contributed by atoms with van der Waals surface area (Å²) in [6.45, 7) is -2.48. The lowest BCUT2D eigenvalue weighted by atomic mass is 9.95. The second kappa shape index (κ2) is 22.9. The summed E-state index contributed by atoms with van der Waals surface area (Å²) in [7, 11) is -18.5. The van der Waals surface area contributed by atoms with Crippen molar-refractivity contribution in [3.8, 4) is 0 Å². The second-order valence-electron chi connectivity index (χ2n) is 18.9. The maximum absolute atomic E-state index is 14.2. The molecule has 2 aliphatic rings. The van der Waals surface area contributed by atoms with Gasteiger partial charge in [-0.05, 0) is 94.7 Å². The van der Waals surface area contributed by atoms with Crippen LogP contribution in [0.2, 0.25) is 0 Å². The van der Waals surface area contributed by atoms with Crippen molar-refractivity contribution >= 4 is 154 Å². The zero-order valence-corrected chi connectivity index (χ0v) is 47.5. The number of nitro groups is 2. The van der Waals surface area contributed by atoms with Crippen LogP contribution in [0, 0.1) is 20.2 Å². The summed E-state index contributed by atoms with van der Waals surface area (Å²) >= 11 is 12.8. The lowest BCUT2D eigenvalue weighted by Gasteiger charge is -2.16. The molecule has 0 radical (unpaired) electrons. The minimum Gasteiger partial charge on any atom is -0.451 e. The van der Waals surface area contributed by atoms with Crippen molar-refractivity contribution in [2.24, 2.45) is 0 Å². The molecule has 29 nitrogen and oxygen atoms in total. The van der Waals surface area contributed by atoms with Crippen molar-refractivity contribution in [2.75, 3.05) is 71.6 Å². The van der Waals surface area contributed by atoms with Crippen LogP contribution in [0.1, 0.15) is 44.1 Å². The maximum Gasteiger partial charge on any atom is 0.469 e. The predicted molar refractivity (Wildman–Crippen MR) is 303 cm³/mol. The van der Waals surface area contributed by atoms with Gasteiger partial charge in [-0.15, -0.1) is 23.2 Å². The summed E-state index contributed by atoms with van der Waals surface area (Å²) in [6, 6.07) is 20.6. The van der Waals surface area contributed by atoms with Gasteiger partial charge in [0.2, 0.25) is 20.0 Å². The van der Waals surface area contributed by atoms with Gasteiger partial charge in [0.1, 0.15) is 11.2 Å². The standard InChI is InChI=1S/C49H42Cl2N8O21P2S2/c50-21-27-23-56(39-19-37(58(63)64)35-17-31(3-5-33(35)45(27)39)83(73,74)52-9-11-77-81(67,68)69)47(60)43-15-25-13-29(1-7-41(25)79-43)54-49(62)55-30-2-8-42-26(14-30)16-44(80-42)48(61)57-24-28(22-51)46-34-6-4-32(18-36(34)38(59(65)66)20-40(46)57)84(75,76)53-10-12-78-82(70,71)72/h1-8,13-20,27-28,52-53H,9-12,21-24H2,(H2,54,55,62)(H2,67,68,69)(H2,70,71,72). The first-order chi connectivity index (χ1) is 39.6. The van der Waals surface area contributed by atoms with Crippen LogP contribution >= 0.6 is 38.8 Å². The molecule has 0 spiro atoms. The molecule has 2 unspecified atom stereocenters. The van der Waals surface area contributed by atoms with Gasteiger partial charge in [-0.25, -0.2) is 40.2 Å². The number of rotatable bonds is 20. The van der Waals surface area contributed by atoms with Gasteiger partial charge >= 0.3 is 21.7 Å². The number of nitrogens with one attached hydrogen (secondary N) is 4. The molecule has 440 valence electrons. The summed E-state index contributed by atoms with van der Waals surface area (Å²) in [5.41, 5.74) is 1.05. The maximum atomic E-state index is 14.2. The highest BCUT2D eigenvalue weighted by Crippen LogP contribution is 2.49. The highest BCUT2D eigenvalue weighted by atomic mass is 35.5. The Balaban J connectivity index is 0.832. The van der Waals surface area contributed by atoms with E-state index in [0.29, 0.717) is 21.9 Å². The number of nitrogens with zero attached hydrogens (tertiary/aromatic N) is 4. The van der Waals surface area contributed by atoms with E-state index in [1.165, 1.54) is 82.6 Å². The molecule has 2 atom stereocenters. The number of carbonyl (C=O) groups excluding carboxylic acids is 3. The number of fused-ring (bicyclic) bond motifs is 8. The van der Waals surface area contributed by atoms with E-state index in [1.807, 2.05) is 0 Å². The Hall–Kier alpha value is -7.45. The first-order valence-electron chi connectivity index (χ1n) is 24.4. The summed E-state index contributed by atoms with van der Waals surface area (Å²) in [4.78, 5) is 103. The highest BCUT2D eigenvalue weighted by molar-refractivity contribution is 7.89. The van der Waals surface area contributed by atoms with Crippen molar-refractivity contribution < 1.29 is 87.7 Å². The number of amides is 4. The largest absolute Gasteiger partial charge is 0.469 e. The topological polar surface area (TPSA) is 420 Å². The molecule has 0 saturated heterocycles. The van der Waals surface area contributed by atoms with Gasteiger partial charge in [0.25, 0.3) is 23.2 Å². The number of hydrogen-bond acceptors (Lipinski definition) is 17. The molecule has 8 N–H and O–H groups in total. The average molecular weight is 1280 g/mol. The van der Waals surface area contributed by atoms with E-state index >= 15 is 0 Å². The predicted octanol–water partition coefficient (Wildman–Crippen LogP) is 7.69. The number of non-ortho nitro benzene ring substituents is 2. The van der Waals surface area contributed by atoms with E-state index in [4.69, 9.17) is 51.6 Å². The van der Waals surface area contributed by atoms with Crippen molar-refractivity contribution in [3.05, 3.63) is 140 Å². The van der Waals surface area contributed by atoms with Crippen LogP contribution in [-0.4, -0.2) is 115 Å². The van der Waals surface area contributed by atoms with Crippen molar-refractivity contribution in [3.63, 3.8) is 0 Å². The number of phosphoric ester groups is 2. The third kappa shape index (κ3) is 12.1. The summed E-state index contributed by atoms with van der Waals surface area (Å²) in [5, 5.41) is 31.5. The molecule has 35 heteroatoms. The fourth-order valence-corrected chi connectivity index (χ4v) is 13.3. The van der Waals surface area contributed by atoms with Crippen LogP contribution in [0.3, 0.4) is 0 Å². The third-order valence-corrected chi connectivity index (χ3v) is 18.3. The number of nitro benzene ring substituents is 2. The van der Waals surface area contributed by atoms with Crippen LogP contribution in [0.5, 0.6) is 0 Å². The zero-order valence-electron chi connectivity index (χ0n) is 42.5. The Morgan fingerprint density at radius 2 is 0.988 bits per heavy atom. The third-order valence-electron chi connectivity index (χ3n) is 13.6. The number of halogens is 2. The lowest BCUT2D eigenvalue weighted by molar-refractivity contribution is -0.383. The van der Waals surface area contributed by atoms with E-state index in [-0.39, 0.29) is 91.8 Å². The molecular formula is C49H42Cl2N8O21P2S2. The Morgan fingerprint density at radius 1 is 0.595 bits per heavy atom. The summed E-state index contributed by atoms with van der Waals surface area (Å²) in [5.74, 6) is -2.98. The quantitative estimate of drug-likeness (QED) is 0.0119. The number of carbonyl (C=O) groups is 3. The number of hydrogen-bond donors (Lipinski definition) is 8. The molecule has 6 aromatic carbocycles. The van der Waals surface area contributed by atoms with Gasteiger partial charge in [-0.3, -0.25) is 38.9 Å². The first kappa shape index (κ1) is 59.7. The van der Waals surface area contributed by atoms with Gasteiger partial charge in [-0.2, -0.15) is 0 Å². The average Bonchev–Trinajstić information content (AvgIpc) is 1.78. The minimum absolute atomic E-state index is 0.0392. The number of benzene rings is 6. The SMILES string of the molecule is O=C(Nc1ccc2oc(C(=O)N3CC(CCl)c4c3cc([N+](=O)[O-])c3cc(S(=O)(=O)NCCOP(=O)(O)O)ccc43)cc2c1)Nc1ccc2oc(C(=O)N3CC(CCl)c4c3cc([N+](=O)[O-])c3cc(S(=O)(=O)NCCOP(=O)(O)O)ccc43)cc2c1. The van der Waals surface area contributed by atoms with Crippen LogP contribution in [0.25, 0.3) is 43.5 Å². The summed E-state index contributed by atoms with van der Waals surface area (Å²) in [6.07, 6.45) is 0. The Kier molecular flexibility index (Phi) is 16.2. The van der Waals surface area contributed by atoms with Crippen molar-refractivity contribution in [1.29, 1.82) is 0 Å². The molecule has 2 aromatic heterocycles. The fraction of sp³-hybridized carbons (Fsp3) is 0.204. The number of urea groups is 1. The van der Waals surface area contributed by atoms with Gasteiger partial charge < -0.3 is 48.8 Å². The van der Waals surface area contributed by atoms with Gasteiger partial charge in [0.05, 0.1) is 55.0 Å². The number of phosphoric acid groups is 2. The fourth-order valence-electron chi connectivity index (χ4n) is 10.0. The Morgan fingerprint density at radius 3 is 1.35 bits per heavy atom. The van der Waals surface area contributed by atoms with E-state index in [9.17, 15) is 60.6 Å². The monoisotopic (exact) mass is 1270 g/mol. The van der Waals surface area contributed by atoms with Gasteiger partial charge in [-0.1, -0.05) is 12.1 Å². The zero-order chi connectivity index (χ0) is 60.4. The van der Waals surface area contributed by atoms with E-state index in [1.54, 1.807) is 0 Å². The molecule has 0 fully saturated rings. The number of alkyl halides is 2. The van der Waals surface area contributed by atoms with Crippen LogP contribution < -0.4 is 29.9 Å². The molecule has 0 aliphatic carbocycles. The van der Waals surface area contributed by atoms with Crippen LogP contribution in [0.4, 0.5) is 38.9 Å². The van der Waals surface area contributed by atoms with Crippen LogP contribution in [0.15, 0.2) is 116 Å². The first-order valence-corrected chi connectivity index (χ1v) is 31.5.